The van der Waals surface area contributed by atoms with Crippen molar-refractivity contribution in [3.63, 3.8) is 0 Å². The molecule has 7 nitrogen and oxygen atoms in total. The van der Waals surface area contributed by atoms with E-state index in [2.05, 4.69) is 32.6 Å². The molecule has 2 aromatic heterocycles. The molecule has 0 radical (unpaired) electrons. The highest BCUT2D eigenvalue weighted by atomic mass is 127. The summed E-state index contributed by atoms with van der Waals surface area (Å²) in [5.74, 6) is -0.336. The molecule has 5 rings (SSSR count). The van der Waals surface area contributed by atoms with Crippen LogP contribution in [0.4, 0.5) is 15.0 Å². The van der Waals surface area contributed by atoms with Gasteiger partial charge in [-0.15, -0.1) is 0 Å². The van der Waals surface area contributed by atoms with Gasteiger partial charge in [0.2, 0.25) is 0 Å². The SMILES string of the molecule is Cn1c(I)c(-c2ccc(OC(=O)N3CCC4(CC4)C3)c(F)c2)c2c(N)ncnc21. The van der Waals surface area contributed by atoms with Crippen molar-refractivity contribution in [2.45, 2.75) is 19.3 Å². The molecular weight excluding hydrogens is 488 g/mol. The Morgan fingerprint density at radius 1 is 1.31 bits per heavy atom. The number of fused-ring (bicyclic) bond motifs is 1. The first-order valence-electron chi connectivity index (χ1n) is 9.40. The Labute approximate surface area is 180 Å². The van der Waals surface area contributed by atoms with Crippen molar-refractivity contribution in [3.05, 3.63) is 34.0 Å². The lowest BCUT2D eigenvalue weighted by Gasteiger charge is -2.16. The summed E-state index contributed by atoms with van der Waals surface area (Å²) in [6.07, 6.45) is 4.25. The van der Waals surface area contributed by atoms with Crippen molar-refractivity contribution in [3.8, 4) is 16.9 Å². The number of hydrogen-bond donors (Lipinski definition) is 1. The molecule has 1 amide bonds. The fourth-order valence-electron chi connectivity index (χ4n) is 4.08. The molecule has 150 valence electrons. The lowest BCUT2D eigenvalue weighted by atomic mass is 10.1. The quantitative estimate of drug-likeness (QED) is 0.532. The molecule has 0 bridgehead atoms. The number of anilines is 1. The first kappa shape index (κ1) is 18.6. The van der Waals surface area contributed by atoms with E-state index in [1.165, 1.54) is 18.5 Å². The third kappa shape index (κ3) is 3.02. The van der Waals surface area contributed by atoms with Crippen LogP contribution in [-0.4, -0.2) is 38.6 Å². The van der Waals surface area contributed by atoms with E-state index < -0.39 is 11.9 Å². The van der Waals surface area contributed by atoms with Gasteiger partial charge in [0.15, 0.2) is 11.6 Å². The fourth-order valence-corrected chi connectivity index (χ4v) is 4.89. The molecule has 2 N–H and O–H groups in total. The van der Waals surface area contributed by atoms with E-state index in [4.69, 9.17) is 10.5 Å². The van der Waals surface area contributed by atoms with Crippen molar-refractivity contribution in [1.82, 2.24) is 19.4 Å². The van der Waals surface area contributed by atoms with Gasteiger partial charge in [-0.05, 0) is 65.0 Å². The number of nitrogen functional groups attached to an aromatic ring is 1. The number of nitrogens with two attached hydrogens (primary N) is 1. The third-order valence-corrected chi connectivity index (χ3v) is 7.26. The number of rotatable bonds is 2. The van der Waals surface area contributed by atoms with E-state index in [-0.39, 0.29) is 5.75 Å². The van der Waals surface area contributed by atoms with Gasteiger partial charge in [0, 0.05) is 25.7 Å². The molecule has 1 aliphatic heterocycles. The highest BCUT2D eigenvalue weighted by Crippen LogP contribution is 2.52. The molecule has 0 unspecified atom stereocenters. The van der Waals surface area contributed by atoms with Gasteiger partial charge in [-0.1, -0.05) is 6.07 Å². The lowest BCUT2D eigenvalue weighted by molar-refractivity contribution is 0.158. The van der Waals surface area contributed by atoms with Crippen LogP contribution in [0.3, 0.4) is 0 Å². The van der Waals surface area contributed by atoms with Gasteiger partial charge in [0.05, 0.1) is 9.09 Å². The first-order chi connectivity index (χ1) is 13.9. The number of benzene rings is 1. The minimum Gasteiger partial charge on any atom is -0.407 e. The molecule has 1 aliphatic carbocycles. The monoisotopic (exact) mass is 507 g/mol. The van der Waals surface area contributed by atoms with Gasteiger partial charge >= 0.3 is 6.09 Å². The number of carbonyl (C=O) groups is 1. The molecule has 1 aromatic carbocycles. The third-order valence-electron chi connectivity index (χ3n) is 6.00. The van der Waals surface area contributed by atoms with E-state index in [0.717, 1.165) is 28.5 Å². The van der Waals surface area contributed by atoms with Gasteiger partial charge in [-0.3, -0.25) is 0 Å². The zero-order chi connectivity index (χ0) is 20.3. The van der Waals surface area contributed by atoms with E-state index in [0.29, 0.717) is 40.9 Å². The maximum atomic E-state index is 14.8. The lowest BCUT2D eigenvalue weighted by Crippen LogP contribution is -2.31. The van der Waals surface area contributed by atoms with E-state index >= 15 is 0 Å². The Hall–Kier alpha value is -2.43. The summed E-state index contributed by atoms with van der Waals surface area (Å²) in [6.45, 7) is 1.38. The summed E-state index contributed by atoms with van der Waals surface area (Å²) in [5.41, 5.74) is 8.43. The van der Waals surface area contributed by atoms with Crippen LogP contribution in [0.5, 0.6) is 5.75 Å². The highest BCUT2D eigenvalue weighted by Gasteiger charge is 2.49. The maximum Gasteiger partial charge on any atom is 0.415 e. The standard InChI is InChI=1S/C20H19FIN5O2/c1-26-16(22)14(15-17(23)24-10-25-18(15)26)11-2-3-13(12(21)8-11)29-19(28)27-7-6-20(9-27)4-5-20/h2-3,8,10H,4-7,9H2,1H3,(H2,23,24,25). The number of aromatic nitrogens is 3. The second kappa shape index (κ2) is 6.54. The Bertz CT molecular complexity index is 1160. The van der Waals surface area contributed by atoms with Crippen LogP contribution >= 0.6 is 22.6 Å². The number of nitrogens with zero attached hydrogens (tertiary/aromatic N) is 4. The molecule has 2 aliphatic rings. The van der Waals surface area contributed by atoms with Gasteiger partial charge in [0.25, 0.3) is 0 Å². The molecule has 9 heteroatoms. The smallest absolute Gasteiger partial charge is 0.407 e. The van der Waals surface area contributed by atoms with Gasteiger partial charge in [0.1, 0.15) is 17.8 Å². The number of hydrogen-bond acceptors (Lipinski definition) is 5. The van der Waals surface area contributed by atoms with Crippen molar-refractivity contribution < 1.29 is 13.9 Å². The van der Waals surface area contributed by atoms with E-state index in [9.17, 15) is 9.18 Å². The van der Waals surface area contributed by atoms with Crippen LogP contribution < -0.4 is 10.5 Å². The molecule has 3 aromatic rings. The minimum atomic E-state index is -0.598. The number of halogens is 2. The van der Waals surface area contributed by atoms with Crippen LogP contribution in [0, 0.1) is 14.9 Å². The highest BCUT2D eigenvalue weighted by molar-refractivity contribution is 14.1. The van der Waals surface area contributed by atoms with Crippen LogP contribution in [0.1, 0.15) is 19.3 Å². The molecule has 0 atom stereocenters. The average molecular weight is 507 g/mol. The van der Waals surface area contributed by atoms with Gasteiger partial charge in [-0.25, -0.2) is 19.2 Å². The van der Waals surface area contributed by atoms with E-state index in [1.54, 1.807) is 11.0 Å². The number of aryl methyl sites for hydroxylation is 1. The molecule has 1 saturated carbocycles. The molecule has 1 spiro atoms. The number of likely N-dealkylation sites (tertiary alicyclic amines) is 1. The second-order valence-corrected chi connectivity index (χ2v) is 8.89. The Morgan fingerprint density at radius 2 is 2.10 bits per heavy atom. The molecule has 29 heavy (non-hydrogen) atoms. The largest absolute Gasteiger partial charge is 0.415 e. The normalized spacial score (nSPS) is 17.3. The summed E-state index contributed by atoms with van der Waals surface area (Å²) in [4.78, 5) is 22.4. The number of ether oxygens (including phenoxy) is 1. The Kier molecular flexibility index (Phi) is 4.19. The van der Waals surface area contributed by atoms with Crippen molar-refractivity contribution in [2.75, 3.05) is 18.8 Å². The second-order valence-electron chi connectivity index (χ2n) is 7.87. The summed E-state index contributed by atoms with van der Waals surface area (Å²) in [6, 6.07) is 4.57. The van der Waals surface area contributed by atoms with Crippen molar-refractivity contribution in [1.29, 1.82) is 0 Å². The maximum absolute atomic E-state index is 14.8. The topological polar surface area (TPSA) is 86.3 Å². The fraction of sp³-hybridized carbons (Fsp3) is 0.350. The Balaban J connectivity index is 1.45. The number of carbonyl (C=O) groups excluding carboxylic acids is 1. The molecular formula is C20H19FIN5O2. The van der Waals surface area contributed by atoms with Gasteiger partial charge < -0.3 is 19.9 Å². The van der Waals surface area contributed by atoms with Crippen LogP contribution in [-0.2, 0) is 7.05 Å². The van der Waals surface area contributed by atoms with Crippen LogP contribution in [0.15, 0.2) is 24.5 Å². The summed E-state index contributed by atoms with van der Waals surface area (Å²) >= 11 is 2.18. The zero-order valence-corrected chi connectivity index (χ0v) is 17.9. The Morgan fingerprint density at radius 3 is 2.79 bits per heavy atom. The minimum absolute atomic E-state index is 0.0741. The van der Waals surface area contributed by atoms with Crippen molar-refractivity contribution >= 4 is 45.5 Å². The van der Waals surface area contributed by atoms with E-state index in [1.807, 2.05) is 11.6 Å². The number of amides is 1. The molecule has 2 fully saturated rings. The summed E-state index contributed by atoms with van der Waals surface area (Å²) in [5, 5.41) is 0.676. The van der Waals surface area contributed by atoms with Gasteiger partial charge in [-0.2, -0.15) is 0 Å². The summed E-state index contributed by atoms with van der Waals surface area (Å²) < 4.78 is 22.9. The summed E-state index contributed by atoms with van der Waals surface area (Å²) in [7, 11) is 1.87. The average Bonchev–Trinajstić information content (AvgIpc) is 3.23. The first-order valence-corrected chi connectivity index (χ1v) is 10.5. The van der Waals surface area contributed by atoms with Crippen molar-refractivity contribution in [2.24, 2.45) is 12.5 Å². The zero-order valence-electron chi connectivity index (χ0n) is 15.8. The van der Waals surface area contributed by atoms with Crippen LogP contribution in [0.2, 0.25) is 0 Å². The predicted molar refractivity (Wildman–Crippen MR) is 115 cm³/mol. The molecule has 1 saturated heterocycles. The van der Waals surface area contributed by atoms with Crippen LogP contribution in [0.25, 0.3) is 22.2 Å². The predicted octanol–water partition coefficient (Wildman–Crippen LogP) is 3.95. The molecule has 3 heterocycles.